The number of nitrogens with one attached hydrogen (secondary N) is 1. The van der Waals surface area contributed by atoms with Crippen molar-refractivity contribution in [3.05, 3.63) is 35.9 Å². The van der Waals surface area contributed by atoms with Gasteiger partial charge >= 0.3 is 0 Å². The fraction of sp³-hybridized carbons (Fsp3) is 0.333. The third-order valence-corrected chi connectivity index (χ3v) is 1.85. The minimum Gasteiger partial charge on any atom is -0.410 e. The van der Waals surface area contributed by atoms with Crippen molar-refractivity contribution >= 4 is 11.6 Å². The molecule has 0 saturated carbocycles. The number of hydrogen-bond donors (Lipinski definition) is 2. The van der Waals surface area contributed by atoms with E-state index in [4.69, 9.17) is 5.21 Å². The van der Waals surface area contributed by atoms with E-state index in [1.165, 1.54) is 0 Å². The van der Waals surface area contributed by atoms with Crippen molar-refractivity contribution in [2.24, 2.45) is 5.16 Å². The largest absolute Gasteiger partial charge is 0.410 e. The van der Waals surface area contributed by atoms with E-state index < -0.39 is 0 Å². The number of hydrogen-bond acceptors (Lipinski definition) is 3. The van der Waals surface area contributed by atoms with Crippen LogP contribution in [0.1, 0.15) is 26.3 Å². The smallest absolute Gasteiger partial charge is 0.274 e. The van der Waals surface area contributed by atoms with Crippen LogP contribution in [-0.4, -0.2) is 22.4 Å². The van der Waals surface area contributed by atoms with Crippen molar-refractivity contribution in [1.29, 1.82) is 0 Å². The number of amides is 1. The molecule has 0 bridgehead atoms. The van der Waals surface area contributed by atoms with Gasteiger partial charge in [-0.3, -0.25) is 4.79 Å². The Kier molecular flexibility index (Phi) is 3.66. The monoisotopic (exact) mass is 220 g/mol. The summed E-state index contributed by atoms with van der Waals surface area (Å²) in [5.74, 6) is -0.388. The topological polar surface area (TPSA) is 61.7 Å². The van der Waals surface area contributed by atoms with Gasteiger partial charge in [0.15, 0.2) is 5.71 Å². The van der Waals surface area contributed by atoms with Gasteiger partial charge < -0.3 is 10.5 Å². The molecule has 4 heteroatoms. The molecule has 0 unspecified atom stereocenters. The first-order valence-electron chi connectivity index (χ1n) is 5.04. The Hall–Kier alpha value is -1.84. The number of carbonyl (C=O) groups excluding carboxylic acids is 1. The van der Waals surface area contributed by atoms with E-state index in [0.29, 0.717) is 5.56 Å². The van der Waals surface area contributed by atoms with Crippen LogP contribution in [0.25, 0.3) is 0 Å². The van der Waals surface area contributed by atoms with E-state index in [9.17, 15) is 4.79 Å². The van der Waals surface area contributed by atoms with Crippen molar-refractivity contribution in [2.75, 3.05) is 0 Å². The highest BCUT2D eigenvalue weighted by atomic mass is 16.4. The normalized spacial score (nSPS) is 12.3. The Bertz CT molecular complexity index is 391. The molecule has 0 radical (unpaired) electrons. The second-order valence-electron chi connectivity index (χ2n) is 4.52. The van der Waals surface area contributed by atoms with Gasteiger partial charge in [-0.1, -0.05) is 35.5 Å². The first kappa shape index (κ1) is 12.2. The molecule has 0 aliphatic rings. The van der Waals surface area contributed by atoms with E-state index in [-0.39, 0.29) is 17.2 Å². The lowest BCUT2D eigenvalue weighted by atomic mass is 10.1. The molecule has 1 rings (SSSR count). The number of oxime groups is 1. The fourth-order valence-electron chi connectivity index (χ4n) is 1.23. The Balaban J connectivity index is 2.90. The molecular weight excluding hydrogens is 204 g/mol. The zero-order valence-electron chi connectivity index (χ0n) is 9.69. The van der Waals surface area contributed by atoms with Crippen LogP contribution in [-0.2, 0) is 4.79 Å². The van der Waals surface area contributed by atoms with Gasteiger partial charge in [-0.25, -0.2) is 0 Å². The Morgan fingerprint density at radius 1 is 1.25 bits per heavy atom. The molecule has 0 atom stereocenters. The molecule has 0 spiro atoms. The van der Waals surface area contributed by atoms with E-state index >= 15 is 0 Å². The minimum absolute atomic E-state index is 0.0236. The van der Waals surface area contributed by atoms with Crippen LogP contribution in [0.15, 0.2) is 35.5 Å². The molecule has 0 aromatic heterocycles. The summed E-state index contributed by atoms with van der Waals surface area (Å²) in [5.41, 5.74) is 0.254. The van der Waals surface area contributed by atoms with E-state index in [1.807, 2.05) is 26.8 Å². The molecule has 2 N–H and O–H groups in total. The van der Waals surface area contributed by atoms with Crippen molar-refractivity contribution in [3.8, 4) is 0 Å². The maximum absolute atomic E-state index is 11.8. The molecular formula is C12H16N2O2. The van der Waals surface area contributed by atoms with Gasteiger partial charge in [-0.05, 0) is 20.8 Å². The van der Waals surface area contributed by atoms with E-state index in [0.717, 1.165) is 0 Å². The molecule has 0 heterocycles. The summed E-state index contributed by atoms with van der Waals surface area (Å²) < 4.78 is 0. The van der Waals surface area contributed by atoms with Crippen molar-refractivity contribution in [2.45, 2.75) is 26.3 Å². The lowest BCUT2D eigenvalue weighted by Gasteiger charge is -2.20. The highest BCUT2D eigenvalue weighted by Crippen LogP contribution is 2.04. The maximum Gasteiger partial charge on any atom is 0.274 e. The quantitative estimate of drug-likeness (QED) is 0.453. The van der Waals surface area contributed by atoms with Crippen molar-refractivity contribution in [3.63, 3.8) is 0 Å². The van der Waals surface area contributed by atoms with Crippen LogP contribution >= 0.6 is 0 Å². The number of carbonyl (C=O) groups is 1. The molecule has 86 valence electrons. The number of benzene rings is 1. The fourth-order valence-corrected chi connectivity index (χ4v) is 1.23. The molecule has 4 nitrogen and oxygen atoms in total. The lowest BCUT2D eigenvalue weighted by molar-refractivity contribution is -0.116. The van der Waals surface area contributed by atoms with Crippen LogP contribution in [0, 0.1) is 0 Å². The summed E-state index contributed by atoms with van der Waals surface area (Å²) >= 11 is 0. The van der Waals surface area contributed by atoms with Gasteiger partial charge in [0.2, 0.25) is 0 Å². The molecule has 0 aliphatic heterocycles. The number of rotatable bonds is 2. The second kappa shape index (κ2) is 4.79. The molecule has 1 aromatic rings. The van der Waals surface area contributed by atoms with Gasteiger partial charge in [0, 0.05) is 11.1 Å². The first-order valence-corrected chi connectivity index (χ1v) is 5.04. The Morgan fingerprint density at radius 3 is 2.25 bits per heavy atom. The zero-order valence-corrected chi connectivity index (χ0v) is 9.69. The van der Waals surface area contributed by atoms with Crippen LogP contribution in [0.2, 0.25) is 0 Å². The third-order valence-electron chi connectivity index (χ3n) is 1.85. The standard InChI is InChI=1S/C12H16N2O2/c1-12(2,3)13-11(15)10(14-16)9-7-5-4-6-8-9/h4-8,16H,1-3H3,(H,13,15)/b14-10+. The summed E-state index contributed by atoms with van der Waals surface area (Å²) in [4.78, 5) is 11.8. The average molecular weight is 220 g/mol. The highest BCUT2D eigenvalue weighted by molar-refractivity contribution is 6.45. The van der Waals surface area contributed by atoms with Crippen molar-refractivity contribution in [1.82, 2.24) is 5.32 Å². The predicted molar refractivity (Wildman–Crippen MR) is 62.7 cm³/mol. The molecule has 0 fully saturated rings. The molecule has 0 aliphatic carbocycles. The molecule has 16 heavy (non-hydrogen) atoms. The van der Waals surface area contributed by atoms with Crippen LogP contribution in [0.5, 0.6) is 0 Å². The zero-order chi connectivity index (χ0) is 12.2. The lowest BCUT2D eigenvalue weighted by Crippen LogP contribution is -2.44. The minimum atomic E-state index is -0.388. The van der Waals surface area contributed by atoms with Gasteiger partial charge in [0.05, 0.1) is 0 Å². The molecule has 1 aromatic carbocycles. The average Bonchev–Trinajstić information content (AvgIpc) is 2.17. The van der Waals surface area contributed by atoms with Crippen LogP contribution in [0.3, 0.4) is 0 Å². The second-order valence-corrected chi connectivity index (χ2v) is 4.52. The van der Waals surface area contributed by atoms with Gasteiger partial charge in [0.1, 0.15) is 0 Å². The van der Waals surface area contributed by atoms with Gasteiger partial charge in [-0.15, -0.1) is 0 Å². The molecule has 1 amide bonds. The Labute approximate surface area is 95.0 Å². The summed E-state index contributed by atoms with van der Waals surface area (Å²) in [6.45, 7) is 5.60. The van der Waals surface area contributed by atoms with Gasteiger partial charge in [-0.2, -0.15) is 0 Å². The third kappa shape index (κ3) is 3.38. The van der Waals surface area contributed by atoms with Crippen molar-refractivity contribution < 1.29 is 10.0 Å². The van der Waals surface area contributed by atoms with Gasteiger partial charge in [0.25, 0.3) is 5.91 Å². The Morgan fingerprint density at radius 2 is 1.81 bits per heavy atom. The van der Waals surface area contributed by atoms with Crippen LogP contribution in [0.4, 0.5) is 0 Å². The highest BCUT2D eigenvalue weighted by Gasteiger charge is 2.20. The summed E-state index contributed by atoms with van der Waals surface area (Å²) in [6, 6.07) is 8.84. The summed E-state index contributed by atoms with van der Waals surface area (Å²) in [5, 5.41) is 14.7. The summed E-state index contributed by atoms with van der Waals surface area (Å²) in [7, 11) is 0. The van der Waals surface area contributed by atoms with Crippen LogP contribution < -0.4 is 5.32 Å². The maximum atomic E-state index is 11.8. The predicted octanol–water partition coefficient (Wildman–Crippen LogP) is 1.78. The number of nitrogens with zero attached hydrogens (tertiary/aromatic N) is 1. The summed E-state index contributed by atoms with van der Waals surface area (Å²) in [6.07, 6.45) is 0. The SMILES string of the molecule is CC(C)(C)NC(=O)/C(=N/O)c1ccccc1. The first-order chi connectivity index (χ1) is 7.44. The van der Waals surface area contributed by atoms with E-state index in [1.54, 1.807) is 24.3 Å². The van der Waals surface area contributed by atoms with E-state index in [2.05, 4.69) is 10.5 Å². The molecule has 0 saturated heterocycles.